The van der Waals surface area contributed by atoms with Crippen LogP contribution in [0.5, 0.6) is 0 Å². The molecule has 74 valence electrons. The van der Waals surface area contributed by atoms with Gasteiger partial charge in [-0.1, -0.05) is 12.8 Å². The zero-order valence-electron chi connectivity index (χ0n) is 7.83. The van der Waals surface area contributed by atoms with E-state index in [-0.39, 0.29) is 0 Å². The standard InChI is InChI=1S/C9H17N3S/c10-5-3-1-2-4-6-11-9-12-7-8-13-9/h7-8H,1-6,10H2,(H,11,12). The fraction of sp³-hybridized carbons (Fsp3) is 0.667. The van der Waals surface area contributed by atoms with Gasteiger partial charge in [0.2, 0.25) is 0 Å². The first kappa shape index (κ1) is 10.5. The Morgan fingerprint density at radius 3 is 2.85 bits per heavy atom. The van der Waals surface area contributed by atoms with Crippen molar-refractivity contribution in [1.82, 2.24) is 4.98 Å². The average Bonchev–Trinajstić information content (AvgIpc) is 2.63. The van der Waals surface area contributed by atoms with Crippen LogP contribution in [0.15, 0.2) is 11.6 Å². The number of nitrogens with zero attached hydrogens (tertiary/aromatic N) is 1. The van der Waals surface area contributed by atoms with Crippen LogP contribution in [0.1, 0.15) is 25.7 Å². The first-order valence-electron chi connectivity index (χ1n) is 4.77. The van der Waals surface area contributed by atoms with E-state index in [1.165, 1.54) is 19.3 Å². The van der Waals surface area contributed by atoms with Crippen molar-refractivity contribution in [3.63, 3.8) is 0 Å². The van der Waals surface area contributed by atoms with E-state index < -0.39 is 0 Å². The number of unbranched alkanes of at least 4 members (excludes halogenated alkanes) is 3. The van der Waals surface area contributed by atoms with E-state index in [4.69, 9.17) is 5.73 Å². The molecule has 0 aliphatic rings. The Hall–Kier alpha value is -0.610. The molecule has 0 fully saturated rings. The lowest BCUT2D eigenvalue weighted by Gasteiger charge is -2.01. The minimum absolute atomic E-state index is 0.819. The van der Waals surface area contributed by atoms with Crippen molar-refractivity contribution in [3.8, 4) is 0 Å². The van der Waals surface area contributed by atoms with Crippen LogP contribution in [0, 0.1) is 0 Å². The molecule has 3 nitrogen and oxygen atoms in total. The Balaban J connectivity index is 1.90. The van der Waals surface area contributed by atoms with Crippen molar-refractivity contribution in [2.24, 2.45) is 5.73 Å². The summed E-state index contributed by atoms with van der Waals surface area (Å²) >= 11 is 1.65. The molecule has 0 aromatic carbocycles. The highest BCUT2D eigenvalue weighted by Crippen LogP contribution is 2.10. The normalized spacial score (nSPS) is 10.2. The molecule has 0 bridgehead atoms. The highest BCUT2D eigenvalue weighted by molar-refractivity contribution is 7.13. The third-order valence-corrected chi connectivity index (χ3v) is 2.57. The maximum Gasteiger partial charge on any atom is 0.182 e. The molecule has 0 spiro atoms. The van der Waals surface area contributed by atoms with Crippen molar-refractivity contribution in [2.45, 2.75) is 25.7 Å². The van der Waals surface area contributed by atoms with E-state index in [1.807, 2.05) is 11.6 Å². The van der Waals surface area contributed by atoms with Gasteiger partial charge in [-0.15, -0.1) is 11.3 Å². The number of thiazole rings is 1. The number of aromatic nitrogens is 1. The summed E-state index contributed by atoms with van der Waals surface area (Å²) in [6, 6.07) is 0. The monoisotopic (exact) mass is 199 g/mol. The zero-order valence-corrected chi connectivity index (χ0v) is 8.65. The predicted molar refractivity (Wildman–Crippen MR) is 58.1 cm³/mol. The SMILES string of the molecule is NCCCCCCNc1nccs1. The molecule has 0 amide bonds. The maximum atomic E-state index is 5.40. The molecule has 0 saturated carbocycles. The van der Waals surface area contributed by atoms with Crippen molar-refractivity contribution < 1.29 is 0 Å². The number of nitrogens with one attached hydrogen (secondary N) is 1. The summed E-state index contributed by atoms with van der Waals surface area (Å²) in [5.41, 5.74) is 5.40. The van der Waals surface area contributed by atoms with Gasteiger partial charge in [0.05, 0.1) is 0 Å². The van der Waals surface area contributed by atoms with Gasteiger partial charge in [0.25, 0.3) is 0 Å². The third-order valence-electron chi connectivity index (χ3n) is 1.84. The fourth-order valence-corrected chi connectivity index (χ4v) is 1.69. The molecule has 0 aliphatic heterocycles. The third kappa shape index (κ3) is 4.85. The highest BCUT2D eigenvalue weighted by Gasteiger charge is 1.92. The van der Waals surface area contributed by atoms with Crippen molar-refractivity contribution in [1.29, 1.82) is 0 Å². The molecule has 0 saturated heterocycles. The Morgan fingerprint density at radius 1 is 1.31 bits per heavy atom. The van der Waals surface area contributed by atoms with Gasteiger partial charge in [-0.05, 0) is 19.4 Å². The molecule has 0 unspecified atom stereocenters. The van der Waals surface area contributed by atoms with Crippen LogP contribution in [-0.2, 0) is 0 Å². The van der Waals surface area contributed by atoms with Gasteiger partial charge in [-0.3, -0.25) is 0 Å². The van der Waals surface area contributed by atoms with Crippen LogP contribution >= 0.6 is 11.3 Å². The molecule has 1 aromatic rings. The first-order valence-corrected chi connectivity index (χ1v) is 5.65. The zero-order chi connectivity index (χ0) is 9.36. The van der Waals surface area contributed by atoms with E-state index in [1.54, 1.807) is 11.3 Å². The largest absolute Gasteiger partial charge is 0.362 e. The summed E-state index contributed by atoms with van der Waals surface area (Å²) in [5.74, 6) is 0. The second-order valence-electron chi connectivity index (χ2n) is 2.97. The van der Waals surface area contributed by atoms with Crippen LogP contribution < -0.4 is 11.1 Å². The summed E-state index contributed by atoms with van der Waals surface area (Å²) in [4.78, 5) is 4.14. The summed E-state index contributed by atoms with van der Waals surface area (Å²) < 4.78 is 0. The molecule has 1 rings (SSSR count). The topological polar surface area (TPSA) is 50.9 Å². The number of anilines is 1. The van der Waals surface area contributed by atoms with Crippen LogP contribution in [-0.4, -0.2) is 18.1 Å². The lowest BCUT2D eigenvalue weighted by atomic mass is 10.2. The van der Waals surface area contributed by atoms with Crippen molar-refractivity contribution in [2.75, 3.05) is 18.4 Å². The summed E-state index contributed by atoms with van der Waals surface area (Å²) in [6.07, 6.45) is 6.68. The maximum absolute atomic E-state index is 5.40. The molecule has 1 heterocycles. The molecule has 0 radical (unpaired) electrons. The van der Waals surface area contributed by atoms with Gasteiger partial charge < -0.3 is 11.1 Å². The molecule has 3 N–H and O–H groups in total. The predicted octanol–water partition coefficient (Wildman–Crippen LogP) is 2.07. The van der Waals surface area contributed by atoms with E-state index in [0.29, 0.717) is 0 Å². The Labute approximate surface area is 83.4 Å². The second kappa shape index (κ2) is 6.86. The molecule has 0 atom stereocenters. The van der Waals surface area contributed by atoms with E-state index in [9.17, 15) is 0 Å². The minimum atomic E-state index is 0.819. The Morgan fingerprint density at radius 2 is 2.15 bits per heavy atom. The quantitative estimate of drug-likeness (QED) is 0.661. The van der Waals surface area contributed by atoms with Gasteiger partial charge in [0.15, 0.2) is 5.13 Å². The summed E-state index contributed by atoms with van der Waals surface area (Å²) in [5, 5.41) is 6.29. The average molecular weight is 199 g/mol. The number of hydrogen-bond donors (Lipinski definition) is 2. The van der Waals surface area contributed by atoms with Gasteiger partial charge in [-0.25, -0.2) is 4.98 Å². The number of hydrogen-bond acceptors (Lipinski definition) is 4. The van der Waals surface area contributed by atoms with E-state index in [0.717, 1.165) is 24.6 Å². The molecular formula is C9H17N3S. The Kier molecular flexibility index (Phi) is 5.52. The molecule has 1 aromatic heterocycles. The van der Waals surface area contributed by atoms with Gasteiger partial charge in [0.1, 0.15) is 0 Å². The summed E-state index contributed by atoms with van der Waals surface area (Å²) in [7, 11) is 0. The summed E-state index contributed by atoms with van der Waals surface area (Å²) in [6.45, 7) is 1.85. The van der Waals surface area contributed by atoms with Crippen molar-refractivity contribution >= 4 is 16.5 Å². The minimum Gasteiger partial charge on any atom is -0.362 e. The van der Waals surface area contributed by atoms with Crippen LogP contribution in [0.2, 0.25) is 0 Å². The van der Waals surface area contributed by atoms with E-state index >= 15 is 0 Å². The lowest BCUT2D eigenvalue weighted by molar-refractivity contribution is 0.661. The highest BCUT2D eigenvalue weighted by atomic mass is 32.1. The van der Waals surface area contributed by atoms with E-state index in [2.05, 4.69) is 10.3 Å². The number of rotatable bonds is 7. The van der Waals surface area contributed by atoms with Crippen LogP contribution in [0.25, 0.3) is 0 Å². The fourth-order valence-electron chi connectivity index (χ4n) is 1.13. The Bertz CT molecular complexity index is 199. The van der Waals surface area contributed by atoms with Gasteiger partial charge in [0, 0.05) is 18.1 Å². The molecule has 13 heavy (non-hydrogen) atoms. The molecule has 4 heteroatoms. The molecular weight excluding hydrogens is 182 g/mol. The van der Waals surface area contributed by atoms with Crippen molar-refractivity contribution in [3.05, 3.63) is 11.6 Å². The lowest BCUT2D eigenvalue weighted by Crippen LogP contribution is -2.02. The van der Waals surface area contributed by atoms with Gasteiger partial charge >= 0.3 is 0 Å². The smallest absolute Gasteiger partial charge is 0.182 e. The second-order valence-corrected chi connectivity index (χ2v) is 3.86. The van der Waals surface area contributed by atoms with Gasteiger partial charge in [-0.2, -0.15) is 0 Å². The molecule has 0 aliphatic carbocycles. The van der Waals surface area contributed by atoms with Crippen LogP contribution in [0.4, 0.5) is 5.13 Å². The van der Waals surface area contributed by atoms with Crippen LogP contribution in [0.3, 0.4) is 0 Å². The first-order chi connectivity index (χ1) is 6.43. The number of nitrogens with two attached hydrogens (primary N) is 1.